The van der Waals surface area contributed by atoms with Crippen molar-refractivity contribution in [2.24, 2.45) is 0 Å². The quantitative estimate of drug-likeness (QED) is 0.707. The van der Waals surface area contributed by atoms with Crippen LogP contribution in [0.5, 0.6) is 0 Å². The Labute approximate surface area is 127 Å². The lowest BCUT2D eigenvalue weighted by molar-refractivity contribution is -0.0460. The van der Waals surface area contributed by atoms with Gasteiger partial charge in [0.25, 0.3) is 0 Å². The van der Waals surface area contributed by atoms with Gasteiger partial charge in [0.05, 0.1) is 18.2 Å². The minimum atomic E-state index is -0.467. The number of ether oxygens (including phenoxy) is 2. The van der Waals surface area contributed by atoms with Crippen molar-refractivity contribution in [3.63, 3.8) is 0 Å². The lowest BCUT2D eigenvalue weighted by Crippen LogP contribution is -2.68. The molecule has 1 saturated heterocycles. The molecular formula is C15H29N3O3. The van der Waals surface area contributed by atoms with Gasteiger partial charge in [0.2, 0.25) is 0 Å². The molecular weight excluding hydrogens is 270 g/mol. The van der Waals surface area contributed by atoms with Gasteiger partial charge in [-0.1, -0.05) is 0 Å². The van der Waals surface area contributed by atoms with E-state index in [-0.39, 0.29) is 24.3 Å². The molecule has 0 aromatic rings. The maximum absolute atomic E-state index is 11.9. The van der Waals surface area contributed by atoms with Crippen LogP contribution in [0, 0.1) is 0 Å². The van der Waals surface area contributed by atoms with Crippen LogP contribution in [0.2, 0.25) is 0 Å². The number of rotatable bonds is 5. The Morgan fingerprint density at radius 2 is 2.14 bits per heavy atom. The highest BCUT2D eigenvalue weighted by Gasteiger charge is 2.44. The lowest BCUT2D eigenvalue weighted by Gasteiger charge is -2.46. The van der Waals surface area contributed by atoms with Gasteiger partial charge in [-0.15, -0.1) is 0 Å². The number of hydrogen-bond donors (Lipinski definition) is 3. The average molecular weight is 299 g/mol. The smallest absolute Gasteiger partial charge is 0.407 e. The van der Waals surface area contributed by atoms with Gasteiger partial charge in [0, 0.05) is 19.2 Å². The Morgan fingerprint density at radius 1 is 1.38 bits per heavy atom. The molecule has 2 fully saturated rings. The van der Waals surface area contributed by atoms with Gasteiger partial charge in [-0.25, -0.2) is 4.79 Å². The Balaban J connectivity index is 1.84. The highest BCUT2D eigenvalue weighted by Crippen LogP contribution is 2.26. The molecule has 1 aliphatic carbocycles. The Bertz CT molecular complexity index is 351. The fraction of sp³-hybridized carbons (Fsp3) is 0.933. The van der Waals surface area contributed by atoms with E-state index in [0.29, 0.717) is 12.6 Å². The van der Waals surface area contributed by atoms with Gasteiger partial charge >= 0.3 is 6.09 Å². The van der Waals surface area contributed by atoms with Gasteiger partial charge in [-0.3, -0.25) is 0 Å². The molecule has 0 aromatic carbocycles. The third kappa shape index (κ3) is 4.83. The fourth-order valence-electron chi connectivity index (χ4n) is 2.89. The molecule has 1 saturated carbocycles. The summed E-state index contributed by atoms with van der Waals surface area (Å²) in [4.78, 5) is 11.9. The van der Waals surface area contributed by atoms with Crippen LogP contribution in [0.1, 0.15) is 40.5 Å². The van der Waals surface area contributed by atoms with E-state index in [9.17, 15) is 4.79 Å². The molecule has 6 nitrogen and oxygen atoms in total. The first-order valence-corrected chi connectivity index (χ1v) is 7.97. The minimum absolute atomic E-state index is 0.0806. The monoisotopic (exact) mass is 299 g/mol. The van der Waals surface area contributed by atoms with Gasteiger partial charge in [-0.05, 0) is 47.1 Å². The topological polar surface area (TPSA) is 71.6 Å². The van der Waals surface area contributed by atoms with Gasteiger partial charge in [-0.2, -0.15) is 0 Å². The molecule has 0 radical (unpaired) electrons. The average Bonchev–Trinajstić information content (AvgIpc) is 2.85. The summed E-state index contributed by atoms with van der Waals surface area (Å²) in [6.07, 6.45) is 1.79. The predicted molar refractivity (Wildman–Crippen MR) is 81.4 cm³/mol. The summed E-state index contributed by atoms with van der Waals surface area (Å²) in [7, 11) is 0. The van der Waals surface area contributed by atoms with Crippen molar-refractivity contribution in [2.75, 3.05) is 19.7 Å². The lowest BCUT2D eigenvalue weighted by atomic mass is 9.82. The molecule has 0 aromatic heterocycles. The zero-order valence-electron chi connectivity index (χ0n) is 13.6. The molecule has 1 heterocycles. The van der Waals surface area contributed by atoms with Crippen LogP contribution in [0.25, 0.3) is 0 Å². The summed E-state index contributed by atoms with van der Waals surface area (Å²) in [6, 6.07) is 0.709. The summed E-state index contributed by atoms with van der Waals surface area (Å²) < 4.78 is 11.1. The normalized spacial score (nSPS) is 32.6. The van der Waals surface area contributed by atoms with E-state index in [0.717, 1.165) is 25.9 Å². The minimum Gasteiger partial charge on any atom is -0.444 e. The van der Waals surface area contributed by atoms with E-state index >= 15 is 0 Å². The van der Waals surface area contributed by atoms with E-state index in [1.807, 2.05) is 27.7 Å². The second-order valence-corrected chi connectivity index (χ2v) is 6.86. The SMILES string of the molecule is CCOC1CC(NC(=O)OC(C)(C)C)C1NC1CCNC1. The standard InChI is InChI=1S/C15H29N3O3/c1-5-20-12-8-11(18-14(19)21-15(2,3)4)13(12)17-10-6-7-16-9-10/h10-13,16-17H,5-9H2,1-4H3,(H,18,19). The van der Waals surface area contributed by atoms with Gasteiger partial charge < -0.3 is 25.4 Å². The molecule has 21 heavy (non-hydrogen) atoms. The van der Waals surface area contributed by atoms with Crippen LogP contribution in [0.15, 0.2) is 0 Å². The predicted octanol–water partition coefficient (Wildman–Crippen LogP) is 1.01. The number of amides is 1. The Hall–Kier alpha value is -0.850. The maximum atomic E-state index is 11.9. The third-order valence-corrected chi connectivity index (χ3v) is 3.89. The second-order valence-electron chi connectivity index (χ2n) is 6.86. The first-order chi connectivity index (χ1) is 9.89. The number of carbonyl (C=O) groups is 1. The largest absolute Gasteiger partial charge is 0.444 e. The molecule has 1 amide bonds. The van der Waals surface area contributed by atoms with E-state index in [1.54, 1.807) is 0 Å². The Morgan fingerprint density at radius 3 is 2.71 bits per heavy atom. The van der Waals surface area contributed by atoms with Crippen LogP contribution in [0.4, 0.5) is 4.79 Å². The van der Waals surface area contributed by atoms with Crippen LogP contribution in [0.3, 0.4) is 0 Å². The number of carbonyl (C=O) groups excluding carboxylic acids is 1. The second kappa shape index (κ2) is 6.94. The molecule has 1 aliphatic heterocycles. The van der Waals surface area contributed by atoms with Crippen molar-refractivity contribution in [3.8, 4) is 0 Å². The summed E-state index contributed by atoms with van der Waals surface area (Å²) in [5.41, 5.74) is -0.467. The van der Waals surface area contributed by atoms with E-state index in [2.05, 4.69) is 16.0 Å². The highest BCUT2D eigenvalue weighted by molar-refractivity contribution is 5.68. The molecule has 4 atom stereocenters. The molecule has 122 valence electrons. The van der Waals surface area contributed by atoms with Crippen LogP contribution < -0.4 is 16.0 Å². The Kier molecular flexibility index (Phi) is 5.46. The van der Waals surface area contributed by atoms with Crippen molar-refractivity contribution < 1.29 is 14.3 Å². The van der Waals surface area contributed by atoms with Crippen molar-refractivity contribution in [3.05, 3.63) is 0 Å². The molecule has 4 unspecified atom stereocenters. The molecule has 6 heteroatoms. The van der Waals surface area contributed by atoms with Gasteiger partial charge in [0.15, 0.2) is 0 Å². The molecule has 2 aliphatic rings. The summed E-state index contributed by atoms with van der Waals surface area (Å²) in [5, 5.41) is 9.92. The molecule has 0 bridgehead atoms. The highest BCUT2D eigenvalue weighted by atomic mass is 16.6. The first kappa shape index (κ1) is 16.5. The number of alkyl carbamates (subject to hydrolysis) is 1. The number of hydrogen-bond acceptors (Lipinski definition) is 5. The van der Waals surface area contributed by atoms with Crippen molar-refractivity contribution >= 4 is 6.09 Å². The zero-order valence-corrected chi connectivity index (χ0v) is 13.6. The van der Waals surface area contributed by atoms with Crippen molar-refractivity contribution in [1.82, 2.24) is 16.0 Å². The van der Waals surface area contributed by atoms with Gasteiger partial charge in [0.1, 0.15) is 5.60 Å². The van der Waals surface area contributed by atoms with E-state index in [1.165, 1.54) is 0 Å². The first-order valence-electron chi connectivity index (χ1n) is 7.97. The van der Waals surface area contributed by atoms with E-state index < -0.39 is 5.60 Å². The summed E-state index contributed by atoms with van der Waals surface area (Å²) >= 11 is 0. The maximum Gasteiger partial charge on any atom is 0.407 e. The van der Waals surface area contributed by atoms with Crippen LogP contribution in [-0.4, -0.2) is 55.6 Å². The van der Waals surface area contributed by atoms with Crippen molar-refractivity contribution in [2.45, 2.75) is 70.4 Å². The summed E-state index contributed by atoms with van der Waals surface area (Å²) in [6.45, 7) is 10.3. The third-order valence-electron chi connectivity index (χ3n) is 3.89. The molecule has 0 spiro atoms. The van der Waals surface area contributed by atoms with E-state index in [4.69, 9.17) is 9.47 Å². The van der Waals surface area contributed by atoms with Crippen LogP contribution in [-0.2, 0) is 9.47 Å². The van der Waals surface area contributed by atoms with Crippen LogP contribution >= 0.6 is 0 Å². The number of nitrogens with one attached hydrogen (secondary N) is 3. The zero-order chi connectivity index (χ0) is 15.5. The summed E-state index contributed by atoms with van der Waals surface area (Å²) in [5.74, 6) is 0. The molecule has 2 rings (SSSR count). The van der Waals surface area contributed by atoms with Crippen molar-refractivity contribution in [1.29, 1.82) is 0 Å². The fourth-order valence-corrected chi connectivity index (χ4v) is 2.89. The molecule has 3 N–H and O–H groups in total.